The molecule has 1 fully saturated rings. The third-order valence-electron chi connectivity index (χ3n) is 3.73. The lowest BCUT2D eigenvalue weighted by Crippen LogP contribution is -2.56. The van der Waals surface area contributed by atoms with E-state index in [1.807, 2.05) is 18.7 Å². The van der Waals surface area contributed by atoms with Gasteiger partial charge in [-0.05, 0) is 51.3 Å². The predicted molar refractivity (Wildman–Crippen MR) is 84.2 cm³/mol. The number of methoxy groups -OCH3 is 1. The second kappa shape index (κ2) is 9.64. The number of likely N-dealkylation sites (N-methyl/N-ethyl adjacent to an activating group) is 1. The highest BCUT2D eigenvalue weighted by atomic mass is 32.2. The molecule has 1 rings (SSSR count). The van der Waals surface area contributed by atoms with Crippen LogP contribution in [0.1, 0.15) is 46.0 Å². The van der Waals surface area contributed by atoms with Crippen LogP contribution in [0.15, 0.2) is 0 Å². The molecule has 20 heavy (non-hydrogen) atoms. The number of hydrogen-bond donors (Lipinski definition) is 1. The zero-order valence-corrected chi connectivity index (χ0v) is 13.9. The number of esters is 1. The molecule has 0 bridgehead atoms. The average molecular weight is 303 g/mol. The van der Waals surface area contributed by atoms with Crippen LogP contribution in [0.25, 0.3) is 0 Å². The van der Waals surface area contributed by atoms with Gasteiger partial charge in [-0.3, -0.25) is 4.79 Å². The molecule has 0 amide bonds. The lowest BCUT2D eigenvalue weighted by Gasteiger charge is -2.39. The Kier molecular flexibility index (Phi) is 8.57. The predicted octanol–water partition coefficient (Wildman–Crippen LogP) is 2.61. The third-order valence-corrected chi connectivity index (χ3v) is 5.13. The Balaban J connectivity index is 2.54. The van der Waals surface area contributed by atoms with Gasteiger partial charge in [0.1, 0.15) is 5.54 Å². The first kappa shape index (κ1) is 17.8. The number of carbonyl (C=O) groups excluding carboxylic acids is 1. The molecule has 1 aliphatic carbocycles. The maximum atomic E-state index is 12.3. The quantitative estimate of drug-likeness (QED) is 0.524. The monoisotopic (exact) mass is 303 g/mol. The summed E-state index contributed by atoms with van der Waals surface area (Å²) in [4.78, 5) is 12.3. The van der Waals surface area contributed by atoms with E-state index in [2.05, 4.69) is 12.2 Å². The van der Waals surface area contributed by atoms with Gasteiger partial charge >= 0.3 is 5.97 Å². The fourth-order valence-corrected chi connectivity index (χ4v) is 4.20. The Labute approximate surface area is 127 Å². The molecule has 1 saturated carbocycles. The molecular weight excluding hydrogens is 274 g/mol. The normalized spacial score (nSPS) is 26.4. The molecule has 2 atom stereocenters. The van der Waals surface area contributed by atoms with Gasteiger partial charge in [0.2, 0.25) is 0 Å². The van der Waals surface area contributed by atoms with Gasteiger partial charge in [-0.25, -0.2) is 0 Å². The van der Waals surface area contributed by atoms with Crippen molar-refractivity contribution in [3.63, 3.8) is 0 Å². The highest BCUT2D eigenvalue weighted by Crippen LogP contribution is 2.36. The maximum absolute atomic E-state index is 12.3. The van der Waals surface area contributed by atoms with E-state index in [4.69, 9.17) is 9.47 Å². The van der Waals surface area contributed by atoms with Crippen LogP contribution in [-0.2, 0) is 14.3 Å². The van der Waals surface area contributed by atoms with Crippen LogP contribution in [0.2, 0.25) is 0 Å². The summed E-state index contributed by atoms with van der Waals surface area (Å²) in [7, 11) is 1.74. The zero-order valence-electron chi connectivity index (χ0n) is 13.1. The average Bonchev–Trinajstić information content (AvgIpc) is 2.45. The number of nitrogens with one attached hydrogen (secondary N) is 1. The van der Waals surface area contributed by atoms with E-state index in [1.165, 1.54) is 6.42 Å². The van der Waals surface area contributed by atoms with Gasteiger partial charge in [0, 0.05) is 19.0 Å². The minimum absolute atomic E-state index is 0.0657. The number of hydrogen-bond acceptors (Lipinski definition) is 5. The molecule has 0 radical (unpaired) electrons. The number of ether oxygens (including phenoxy) is 2. The number of rotatable bonds is 9. The summed E-state index contributed by atoms with van der Waals surface area (Å²) in [6.07, 6.45) is 5.15. The topological polar surface area (TPSA) is 47.6 Å². The van der Waals surface area contributed by atoms with Crippen LogP contribution in [0.4, 0.5) is 0 Å². The van der Waals surface area contributed by atoms with Crippen LogP contribution >= 0.6 is 11.8 Å². The van der Waals surface area contributed by atoms with E-state index < -0.39 is 5.54 Å². The molecule has 0 spiro atoms. The molecule has 0 saturated heterocycles. The van der Waals surface area contributed by atoms with Crippen molar-refractivity contribution in [2.24, 2.45) is 0 Å². The highest BCUT2D eigenvalue weighted by molar-refractivity contribution is 7.99. The standard InChI is InChI=1S/C15H29NO3S/c1-4-16-15(14(17)19-5-2)9-6-8-13(12-15)20-11-7-10-18-3/h13,16H,4-12H2,1-3H3. The molecular formula is C15H29NO3S. The van der Waals surface area contributed by atoms with Crippen molar-refractivity contribution in [3.05, 3.63) is 0 Å². The second-order valence-electron chi connectivity index (χ2n) is 5.27. The van der Waals surface area contributed by atoms with Crippen LogP contribution in [0, 0.1) is 0 Å². The van der Waals surface area contributed by atoms with Crippen LogP contribution in [0.3, 0.4) is 0 Å². The summed E-state index contributed by atoms with van der Waals surface area (Å²) in [6, 6.07) is 0. The Bertz CT molecular complexity index is 284. The summed E-state index contributed by atoms with van der Waals surface area (Å²) < 4.78 is 10.4. The van der Waals surface area contributed by atoms with E-state index in [-0.39, 0.29) is 5.97 Å². The molecule has 4 nitrogen and oxygen atoms in total. The van der Waals surface area contributed by atoms with E-state index in [0.717, 1.165) is 44.6 Å². The van der Waals surface area contributed by atoms with Crippen LogP contribution in [-0.4, -0.2) is 49.4 Å². The number of carbonyl (C=O) groups is 1. The summed E-state index contributed by atoms with van der Waals surface area (Å²) in [6.45, 7) is 6.00. The van der Waals surface area contributed by atoms with E-state index in [9.17, 15) is 4.79 Å². The molecule has 2 unspecified atom stereocenters. The smallest absolute Gasteiger partial charge is 0.326 e. The van der Waals surface area contributed by atoms with E-state index in [0.29, 0.717) is 11.9 Å². The van der Waals surface area contributed by atoms with Crippen molar-refractivity contribution in [3.8, 4) is 0 Å². The highest BCUT2D eigenvalue weighted by Gasteiger charge is 2.43. The first-order chi connectivity index (χ1) is 9.68. The molecule has 0 aliphatic heterocycles. The molecule has 0 aromatic rings. The van der Waals surface area contributed by atoms with Gasteiger partial charge in [-0.15, -0.1) is 0 Å². The van der Waals surface area contributed by atoms with Gasteiger partial charge in [0.05, 0.1) is 6.61 Å². The molecule has 1 aliphatic rings. The zero-order chi connectivity index (χ0) is 14.8. The van der Waals surface area contributed by atoms with Crippen LogP contribution in [0.5, 0.6) is 0 Å². The van der Waals surface area contributed by atoms with Gasteiger partial charge in [-0.1, -0.05) is 6.92 Å². The fourth-order valence-electron chi connectivity index (χ4n) is 2.85. The molecule has 1 N–H and O–H groups in total. The lowest BCUT2D eigenvalue weighted by molar-refractivity contribution is -0.152. The summed E-state index contributed by atoms with van der Waals surface area (Å²) >= 11 is 1.97. The number of thioether (sulfide) groups is 1. The Morgan fingerprint density at radius 1 is 1.45 bits per heavy atom. The minimum Gasteiger partial charge on any atom is -0.465 e. The van der Waals surface area contributed by atoms with Crippen molar-refractivity contribution in [2.45, 2.75) is 56.7 Å². The Hall–Kier alpha value is -0.260. The lowest BCUT2D eigenvalue weighted by atomic mass is 9.81. The molecule has 0 heterocycles. The largest absolute Gasteiger partial charge is 0.465 e. The summed E-state index contributed by atoms with van der Waals surface area (Å²) in [5.41, 5.74) is -0.456. The fraction of sp³-hybridized carbons (Fsp3) is 0.933. The van der Waals surface area contributed by atoms with E-state index >= 15 is 0 Å². The van der Waals surface area contributed by atoms with E-state index in [1.54, 1.807) is 7.11 Å². The molecule has 118 valence electrons. The maximum Gasteiger partial charge on any atom is 0.326 e. The van der Waals surface area contributed by atoms with Crippen LogP contribution < -0.4 is 5.32 Å². The van der Waals surface area contributed by atoms with Crippen molar-refractivity contribution in [1.29, 1.82) is 0 Å². The SMILES string of the molecule is CCNC1(C(=O)OCC)CCCC(SCCCOC)C1. The first-order valence-electron chi connectivity index (χ1n) is 7.71. The minimum atomic E-state index is -0.456. The molecule has 0 aromatic heterocycles. The summed E-state index contributed by atoms with van der Waals surface area (Å²) in [5.74, 6) is 1.04. The third kappa shape index (κ3) is 5.26. The van der Waals surface area contributed by atoms with Gasteiger partial charge < -0.3 is 14.8 Å². The van der Waals surface area contributed by atoms with Crippen molar-refractivity contribution < 1.29 is 14.3 Å². The van der Waals surface area contributed by atoms with Gasteiger partial charge in [0.15, 0.2) is 0 Å². The molecule has 5 heteroatoms. The van der Waals surface area contributed by atoms with Gasteiger partial charge in [0.25, 0.3) is 0 Å². The summed E-state index contributed by atoms with van der Waals surface area (Å²) in [5, 5.41) is 3.95. The Morgan fingerprint density at radius 3 is 2.90 bits per heavy atom. The first-order valence-corrected chi connectivity index (χ1v) is 8.76. The van der Waals surface area contributed by atoms with Gasteiger partial charge in [-0.2, -0.15) is 11.8 Å². The molecule has 0 aromatic carbocycles. The Morgan fingerprint density at radius 2 is 2.25 bits per heavy atom. The van der Waals surface area contributed by atoms with Crippen molar-refractivity contribution in [1.82, 2.24) is 5.32 Å². The van der Waals surface area contributed by atoms with Crippen molar-refractivity contribution >= 4 is 17.7 Å². The second-order valence-corrected chi connectivity index (χ2v) is 6.68. The van der Waals surface area contributed by atoms with Crippen molar-refractivity contribution in [2.75, 3.05) is 32.6 Å².